The van der Waals surface area contributed by atoms with E-state index in [9.17, 15) is 0 Å². The lowest BCUT2D eigenvalue weighted by molar-refractivity contribution is 0.688. The van der Waals surface area contributed by atoms with Gasteiger partial charge in [-0.25, -0.2) is 0 Å². The average Bonchev–Trinajstić information content (AvgIpc) is 2.99. The fourth-order valence-electron chi connectivity index (χ4n) is 1.76. The van der Waals surface area contributed by atoms with Crippen molar-refractivity contribution in [2.75, 3.05) is 0 Å². The maximum absolute atomic E-state index is 4.26. The Morgan fingerprint density at radius 2 is 1.95 bits per heavy atom. The molecule has 0 atom stereocenters. The largest absolute Gasteiger partial charge is 0.257 e. The van der Waals surface area contributed by atoms with Crippen molar-refractivity contribution in [3.8, 4) is 11.4 Å². The van der Waals surface area contributed by atoms with Crippen LogP contribution in [0.1, 0.15) is 31.9 Å². The van der Waals surface area contributed by atoms with Crippen LogP contribution in [0.4, 0.5) is 0 Å². The van der Waals surface area contributed by atoms with Gasteiger partial charge in [-0.15, -0.1) is 15.3 Å². The number of aryl methyl sites for hydroxylation is 1. The number of nitrogens with one attached hydrogen (secondary N) is 1. The van der Waals surface area contributed by atoms with Gasteiger partial charge in [-0.05, 0) is 30.2 Å². The fraction of sp³-hybridized carbons (Fsp3) is 0.385. The SMILES string of the molecule is CCCCCc1nn[nH]c2ccnc1-2.c1cnnnc1. The lowest BCUT2D eigenvalue weighted by Crippen LogP contribution is -2.00. The number of H-pyrrole nitrogens is 1. The third-order valence-electron chi connectivity index (χ3n) is 2.74. The van der Waals surface area contributed by atoms with Gasteiger partial charge in [0.05, 0.1) is 23.8 Å². The zero-order chi connectivity index (χ0) is 14.0. The van der Waals surface area contributed by atoms with Gasteiger partial charge in [0.2, 0.25) is 0 Å². The second kappa shape index (κ2) is 7.88. The van der Waals surface area contributed by atoms with Crippen LogP contribution < -0.4 is 0 Å². The summed E-state index contributed by atoms with van der Waals surface area (Å²) in [5.74, 6) is 0. The number of rotatable bonds is 4. The van der Waals surface area contributed by atoms with Crippen LogP contribution in [0.5, 0.6) is 0 Å². The monoisotopic (exact) mass is 271 g/mol. The van der Waals surface area contributed by atoms with E-state index in [0.29, 0.717) is 0 Å². The predicted molar refractivity (Wildman–Crippen MR) is 73.9 cm³/mol. The summed E-state index contributed by atoms with van der Waals surface area (Å²) in [7, 11) is 0. The van der Waals surface area contributed by atoms with Crippen molar-refractivity contribution in [3.05, 3.63) is 36.4 Å². The van der Waals surface area contributed by atoms with Crippen LogP contribution in [-0.4, -0.2) is 35.8 Å². The van der Waals surface area contributed by atoms with Gasteiger partial charge in [-0.3, -0.25) is 10.1 Å². The van der Waals surface area contributed by atoms with E-state index in [1.165, 1.54) is 12.8 Å². The highest BCUT2D eigenvalue weighted by molar-refractivity contribution is 5.57. The molecule has 0 bridgehead atoms. The molecule has 1 aromatic heterocycles. The molecule has 0 saturated carbocycles. The molecule has 0 unspecified atom stereocenters. The highest BCUT2D eigenvalue weighted by Crippen LogP contribution is 2.19. The molecule has 104 valence electrons. The number of nitrogens with zero attached hydrogens (tertiary/aromatic N) is 6. The van der Waals surface area contributed by atoms with E-state index < -0.39 is 0 Å². The van der Waals surface area contributed by atoms with Gasteiger partial charge in [0.15, 0.2) is 0 Å². The minimum absolute atomic E-state index is 0.969. The van der Waals surface area contributed by atoms with Crippen molar-refractivity contribution in [2.24, 2.45) is 0 Å². The van der Waals surface area contributed by atoms with Crippen LogP contribution >= 0.6 is 0 Å². The molecule has 0 fully saturated rings. The summed E-state index contributed by atoms with van der Waals surface area (Å²) < 4.78 is 0. The Labute approximate surface area is 117 Å². The molecule has 7 nitrogen and oxygen atoms in total. The fourth-order valence-corrected chi connectivity index (χ4v) is 1.76. The third-order valence-corrected chi connectivity index (χ3v) is 2.74. The standard InChI is InChI=1S/C10H14N4.C3H3N3/c1-2-3-4-5-8-10-9(6-7-11-10)13-14-12-8;1-2-4-6-5-3-1/h6-7H,2-5H2,1H3,(H,12,13);1-3H. The molecule has 7 heteroatoms. The molecular formula is C13H17N7. The quantitative estimate of drug-likeness (QED) is 0.728. The first kappa shape index (κ1) is 14.0. The van der Waals surface area contributed by atoms with E-state index in [-0.39, 0.29) is 0 Å². The first-order valence-electron chi connectivity index (χ1n) is 6.64. The molecular weight excluding hydrogens is 254 g/mol. The highest BCUT2D eigenvalue weighted by Gasteiger charge is 2.10. The zero-order valence-electron chi connectivity index (χ0n) is 11.4. The van der Waals surface area contributed by atoms with Crippen molar-refractivity contribution in [1.82, 2.24) is 35.8 Å². The van der Waals surface area contributed by atoms with Crippen LogP contribution in [0.2, 0.25) is 0 Å². The molecule has 0 spiro atoms. The average molecular weight is 271 g/mol. The molecule has 2 aliphatic heterocycles. The lowest BCUT2D eigenvalue weighted by atomic mass is 10.1. The van der Waals surface area contributed by atoms with Crippen molar-refractivity contribution in [1.29, 1.82) is 0 Å². The van der Waals surface area contributed by atoms with Crippen LogP contribution in [-0.2, 0) is 6.42 Å². The molecule has 0 aliphatic carbocycles. The second-order valence-electron chi connectivity index (χ2n) is 4.23. The van der Waals surface area contributed by atoms with E-state index in [4.69, 9.17) is 0 Å². The van der Waals surface area contributed by atoms with Crippen LogP contribution in [0.3, 0.4) is 0 Å². The van der Waals surface area contributed by atoms with Gasteiger partial charge in [-0.1, -0.05) is 25.0 Å². The van der Waals surface area contributed by atoms with Gasteiger partial charge < -0.3 is 0 Å². The Morgan fingerprint density at radius 3 is 2.60 bits per heavy atom. The summed E-state index contributed by atoms with van der Waals surface area (Å²) in [6, 6.07) is 3.64. The molecule has 3 heterocycles. The summed E-state index contributed by atoms with van der Waals surface area (Å²) in [5, 5.41) is 20.9. The maximum atomic E-state index is 4.26. The zero-order valence-corrected chi connectivity index (χ0v) is 11.4. The summed E-state index contributed by atoms with van der Waals surface area (Å²) >= 11 is 0. The van der Waals surface area contributed by atoms with E-state index in [2.05, 4.69) is 42.7 Å². The molecule has 0 radical (unpaired) electrons. The topological polar surface area (TPSA) is 93.1 Å². The van der Waals surface area contributed by atoms with Crippen molar-refractivity contribution in [3.63, 3.8) is 0 Å². The number of aromatic amines is 1. The number of fused-ring (bicyclic) bond motifs is 1. The number of unbranched alkanes of at least 4 members (excludes halogenated alkanes) is 2. The van der Waals surface area contributed by atoms with Crippen molar-refractivity contribution < 1.29 is 0 Å². The molecule has 0 aromatic carbocycles. The van der Waals surface area contributed by atoms with E-state index >= 15 is 0 Å². The van der Waals surface area contributed by atoms with Crippen molar-refractivity contribution >= 4 is 0 Å². The second-order valence-corrected chi connectivity index (χ2v) is 4.23. The summed E-state index contributed by atoms with van der Waals surface area (Å²) in [6.45, 7) is 2.20. The first-order chi connectivity index (χ1) is 9.92. The first-order valence-corrected chi connectivity index (χ1v) is 6.64. The summed E-state index contributed by atoms with van der Waals surface area (Å²) in [5.41, 5.74) is 2.96. The molecule has 20 heavy (non-hydrogen) atoms. The highest BCUT2D eigenvalue weighted by atomic mass is 15.3. The minimum atomic E-state index is 0.969. The Kier molecular flexibility index (Phi) is 5.51. The smallest absolute Gasteiger partial charge is 0.111 e. The molecule has 1 N–H and O–H groups in total. The summed E-state index contributed by atoms with van der Waals surface area (Å²) in [4.78, 5) is 4.26. The molecule has 0 amide bonds. The predicted octanol–water partition coefficient (Wildman–Crippen LogP) is 1.91. The van der Waals surface area contributed by atoms with Crippen LogP contribution in [0, 0.1) is 0 Å². The van der Waals surface area contributed by atoms with Gasteiger partial charge in [0.1, 0.15) is 5.69 Å². The Balaban J connectivity index is 0.000000205. The van der Waals surface area contributed by atoms with E-state index in [0.717, 1.165) is 29.9 Å². The Hall–Kier alpha value is -2.44. The van der Waals surface area contributed by atoms with Crippen LogP contribution in [0.15, 0.2) is 30.7 Å². The van der Waals surface area contributed by atoms with Gasteiger partial charge in [-0.2, -0.15) is 0 Å². The van der Waals surface area contributed by atoms with Gasteiger partial charge in [0.25, 0.3) is 0 Å². The Bertz CT molecular complexity index is 539. The summed E-state index contributed by atoms with van der Waals surface area (Å²) in [6.07, 6.45) is 9.54. The molecule has 2 aliphatic rings. The van der Waals surface area contributed by atoms with Gasteiger partial charge >= 0.3 is 0 Å². The van der Waals surface area contributed by atoms with Gasteiger partial charge in [0, 0.05) is 6.20 Å². The van der Waals surface area contributed by atoms with Crippen LogP contribution in [0.25, 0.3) is 11.4 Å². The minimum Gasteiger partial charge on any atom is -0.257 e. The lowest BCUT2D eigenvalue weighted by Gasteiger charge is -2.03. The number of hydrogen-bond donors (Lipinski definition) is 1. The van der Waals surface area contributed by atoms with Crippen molar-refractivity contribution in [2.45, 2.75) is 32.6 Å². The maximum Gasteiger partial charge on any atom is 0.111 e. The van der Waals surface area contributed by atoms with E-state index in [1.807, 2.05) is 6.07 Å². The normalized spacial score (nSPS) is 10.1. The molecule has 3 rings (SSSR count). The molecule has 1 aromatic rings. The Morgan fingerprint density at radius 1 is 1.10 bits per heavy atom. The number of aromatic nitrogens is 7. The number of hydrogen-bond acceptors (Lipinski definition) is 6. The molecule has 0 saturated heterocycles. The van der Waals surface area contributed by atoms with E-state index in [1.54, 1.807) is 24.7 Å². The third kappa shape index (κ3) is 4.04.